The van der Waals surface area contributed by atoms with Gasteiger partial charge >= 0.3 is 17.4 Å². The molecule has 0 aromatic carbocycles. The number of hydrogen-bond acceptors (Lipinski definition) is 3. The third-order valence-electron chi connectivity index (χ3n) is 0. The number of nitrogens with zero attached hydrogens (tertiary/aromatic N) is 1. The Kier molecular flexibility index (Phi) is 24.7. The van der Waals surface area contributed by atoms with Crippen molar-refractivity contribution in [1.29, 1.82) is 0 Å². The van der Waals surface area contributed by atoms with Gasteiger partial charge in [-0.2, -0.15) is 0 Å². The third kappa shape index (κ3) is 72800. The van der Waals surface area contributed by atoms with Gasteiger partial charge in [-0.05, 0) is 0 Å². The molecule has 0 spiro atoms. The fourth-order valence-corrected chi connectivity index (χ4v) is 0. The molecule has 0 saturated heterocycles. The van der Waals surface area contributed by atoms with Crippen molar-refractivity contribution in [1.82, 2.24) is 0 Å². The van der Waals surface area contributed by atoms with Crippen LogP contribution in [0.2, 0.25) is 0 Å². The Labute approximate surface area is 50.8 Å². The molecule has 0 saturated carbocycles. The quantitative estimate of drug-likeness (QED) is 0.190. The minimum absolute atomic E-state index is 0. The van der Waals surface area contributed by atoms with Crippen molar-refractivity contribution in [3.63, 3.8) is 0 Å². The minimum Gasteiger partial charge on any atom is -1.00 e. The molecule has 0 aliphatic rings. The second kappa shape index (κ2) is 8.90. The summed E-state index contributed by atoms with van der Waals surface area (Å²) in [6.45, 7) is 0. The summed E-state index contributed by atoms with van der Waals surface area (Å²) in [7, 11) is 0. The van der Waals surface area contributed by atoms with Crippen LogP contribution in [0.1, 0.15) is 0 Å². The van der Waals surface area contributed by atoms with E-state index in [1.165, 1.54) is 0 Å². The maximum absolute atomic E-state index is 8.25. The van der Waals surface area contributed by atoms with Gasteiger partial charge in [-0.25, -0.2) is 0 Å². The van der Waals surface area contributed by atoms with Crippen molar-refractivity contribution in [2.75, 3.05) is 0 Å². The first-order chi connectivity index (χ1) is 1.73. The molecule has 0 aromatic rings. The molecule has 6 heteroatoms. The molecule has 0 unspecified atom stereocenters. The third-order valence-corrected chi connectivity index (χ3v) is 0. The van der Waals surface area contributed by atoms with Gasteiger partial charge in [0.1, 0.15) is 0 Å². The van der Waals surface area contributed by atoms with Crippen molar-refractivity contribution in [3.05, 3.63) is 15.3 Å². The van der Waals surface area contributed by atoms with Crippen LogP contribution in [0.15, 0.2) is 0 Å². The fraction of sp³-hybridized carbons (Fsp3) is 0. The van der Waals surface area contributed by atoms with Crippen molar-refractivity contribution >= 4 is 17.4 Å². The topological polar surface area (TPSA) is 66.2 Å². The largest absolute Gasteiger partial charge is 2.00 e. The summed E-state index contributed by atoms with van der Waals surface area (Å²) in [4.78, 5) is 8.25. The Bertz CT molecular complexity index is 33.8. The summed E-state index contributed by atoms with van der Waals surface area (Å²) >= 11 is 0. The zero-order chi connectivity index (χ0) is 3.58. The summed E-state index contributed by atoms with van der Waals surface area (Å²) in [5, 5.41) is 14.8. The second-order valence-corrected chi connectivity index (χ2v) is 0.224. The Morgan fingerprint density at radius 3 is 1.33 bits per heavy atom. The average Bonchev–Trinajstić information content (AvgIpc) is 0.811. The maximum Gasteiger partial charge on any atom is 2.00 e. The van der Waals surface area contributed by atoms with E-state index in [4.69, 9.17) is 15.3 Å². The molecule has 0 atom stereocenters. The van der Waals surface area contributed by atoms with Crippen molar-refractivity contribution in [2.45, 2.75) is 0 Å². The van der Waals surface area contributed by atoms with Crippen LogP contribution >= 0.6 is 0 Å². The van der Waals surface area contributed by atoms with Crippen molar-refractivity contribution < 1.29 is 17.5 Å². The number of hydrogen-bond donors (Lipinski definition) is 0. The predicted molar refractivity (Wildman–Crippen MR) is 16.1 cm³/mol. The van der Waals surface area contributed by atoms with Crippen LogP contribution in [-0.2, 0) is 0 Å². The van der Waals surface area contributed by atoms with E-state index in [0.29, 0.717) is 0 Å². The second-order valence-electron chi connectivity index (χ2n) is 0.224. The van der Waals surface area contributed by atoms with Crippen LogP contribution in [-0.4, -0.2) is 22.4 Å². The van der Waals surface area contributed by atoms with Gasteiger partial charge < -0.3 is 27.7 Å². The maximum atomic E-state index is 8.25. The van der Waals surface area contributed by atoms with Gasteiger partial charge in [0.25, 0.3) is 0 Å². The molecular weight excluding hydrogens is 124 g/mol. The van der Waals surface area contributed by atoms with E-state index < -0.39 is 5.09 Å². The molecule has 0 amide bonds. The molecule has 0 aliphatic carbocycles. The molecular formula is AlClNO3. The molecule has 33 valence electrons. The van der Waals surface area contributed by atoms with E-state index in [1.807, 2.05) is 0 Å². The molecule has 0 bridgehead atoms. The van der Waals surface area contributed by atoms with Gasteiger partial charge in [0.2, 0.25) is 0 Å². The number of halogens is 1. The monoisotopic (exact) mass is 124 g/mol. The molecule has 0 N–H and O–H groups in total. The van der Waals surface area contributed by atoms with Gasteiger partial charge in [-0.15, -0.1) is 0 Å². The zero-order valence-electron chi connectivity index (χ0n) is 2.63. The Hall–Kier alpha value is 0.0225. The summed E-state index contributed by atoms with van der Waals surface area (Å²) in [5.74, 6) is 0. The smallest absolute Gasteiger partial charge is 1.00 e. The van der Waals surface area contributed by atoms with E-state index in [0.717, 1.165) is 0 Å². The summed E-state index contributed by atoms with van der Waals surface area (Å²) in [6, 6.07) is 0. The molecule has 0 fully saturated rings. The normalized spacial score (nSPS) is 4.00. The molecule has 0 heterocycles. The van der Waals surface area contributed by atoms with Crippen LogP contribution in [0, 0.1) is 15.3 Å². The Morgan fingerprint density at radius 1 is 1.33 bits per heavy atom. The van der Waals surface area contributed by atoms with E-state index in [9.17, 15) is 0 Å². The van der Waals surface area contributed by atoms with E-state index in [2.05, 4.69) is 0 Å². The molecule has 0 aromatic heterocycles. The van der Waals surface area contributed by atoms with Crippen LogP contribution < -0.4 is 12.4 Å². The van der Waals surface area contributed by atoms with Crippen molar-refractivity contribution in [3.8, 4) is 0 Å². The first kappa shape index (κ1) is 16.6. The zero-order valence-corrected chi connectivity index (χ0v) is 4.54. The van der Waals surface area contributed by atoms with Gasteiger partial charge in [0, 0.05) is 0 Å². The molecule has 4 nitrogen and oxygen atoms in total. The Balaban J connectivity index is -0.0000000450. The molecule has 1 radical (unpaired) electrons. The minimum atomic E-state index is -1.75. The van der Waals surface area contributed by atoms with Gasteiger partial charge in [0.05, 0.1) is 5.09 Å². The SMILES string of the molecule is O=[N+]([O-])[O-].[Al+2].[Cl-]. The van der Waals surface area contributed by atoms with E-state index >= 15 is 0 Å². The summed E-state index contributed by atoms with van der Waals surface area (Å²) in [6.07, 6.45) is 0. The standard InChI is InChI=1S/Al.ClH.NO3/c;;2-1(3)4/h;1H;/q+2;;-1/p-1. The Morgan fingerprint density at radius 2 is 1.33 bits per heavy atom. The van der Waals surface area contributed by atoms with E-state index in [1.54, 1.807) is 0 Å². The fourth-order valence-electron chi connectivity index (χ4n) is 0. The summed E-state index contributed by atoms with van der Waals surface area (Å²) < 4.78 is 0. The first-order valence-electron chi connectivity index (χ1n) is 0.548. The first-order valence-corrected chi connectivity index (χ1v) is 0.548. The molecule has 6 heavy (non-hydrogen) atoms. The van der Waals surface area contributed by atoms with Gasteiger partial charge in [0.15, 0.2) is 0 Å². The summed E-state index contributed by atoms with van der Waals surface area (Å²) in [5.41, 5.74) is 0. The van der Waals surface area contributed by atoms with Crippen LogP contribution in [0.3, 0.4) is 0 Å². The molecule has 0 aliphatic heterocycles. The molecule has 0 rings (SSSR count). The predicted octanol–water partition coefficient (Wildman–Crippen LogP) is -3.62. The van der Waals surface area contributed by atoms with Crippen molar-refractivity contribution in [2.24, 2.45) is 0 Å². The van der Waals surface area contributed by atoms with Gasteiger partial charge in [-0.1, -0.05) is 0 Å². The van der Waals surface area contributed by atoms with E-state index in [-0.39, 0.29) is 29.8 Å². The average molecular weight is 124 g/mol. The van der Waals surface area contributed by atoms with Crippen LogP contribution in [0.5, 0.6) is 0 Å². The number of rotatable bonds is 0. The van der Waals surface area contributed by atoms with Gasteiger partial charge in [-0.3, -0.25) is 0 Å². The van der Waals surface area contributed by atoms with Crippen LogP contribution in [0.25, 0.3) is 0 Å². The van der Waals surface area contributed by atoms with Crippen LogP contribution in [0.4, 0.5) is 0 Å².